The Kier molecular flexibility index (Phi) is 7.90. The average Bonchev–Trinajstić information content (AvgIpc) is 2.82. The SMILES string of the molecule is CCS(=O)(=O)c1ccc(CC(=O)Nc2ccc(C(C)(C)C(=O)NC3=CC=C(F)CC3)cc2)c(F)c1. The second-order valence-corrected chi connectivity index (χ2v) is 11.1. The summed E-state index contributed by atoms with van der Waals surface area (Å²) in [5, 5.41) is 5.52. The van der Waals surface area contributed by atoms with Gasteiger partial charge >= 0.3 is 0 Å². The lowest BCUT2D eigenvalue weighted by Crippen LogP contribution is -2.39. The van der Waals surface area contributed by atoms with E-state index in [1.807, 2.05) is 0 Å². The lowest BCUT2D eigenvalue weighted by atomic mass is 9.83. The van der Waals surface area contributed by atoms with Crippen LogP contribution in [0.4, 0.5) is 14.5 Å². The fourth-order valence-corrected chi connectivity index (χ4v) is 4.42. The van der Waals surface area contributed by atoms with Crippen LogP contribution >= 0.6 is 0 Å². The van der Waals surface area contributed by atoms with Gasteiger partial charge in [-0.15, -0.1) is 0 Å². The van der Waals surface area contributed by atoms with Crippen molar-refractivity contribution in [3.63, 3.8) is 0 Å². The van der Waals surface area contributed by atoms with Gasteiger partial charge in [-0.1, -0.05) is 25.1 Å². The van der Waals surface area contributed by atoms with Gasteiger partial charge in [0, 0.05) is 17.8 Å². The number of carbonyl (C=O) groups excluding carboxylic acids is 2. The summed E-state index contributed by atoms with van der Waals surface area (Å²) >= 11 is 0. The van der Waals surface area contributed by atoms with Crippen LogP contribution in [0.5, 0.6) is 0 Å². The van der Waals surface area contributed by atoms with Crippen LogP contribution < -0.4 is 10.6 Å². The van der Waals surface area contributed by atoms with Crippen LogP contribution in [-0.4, -0.2) is 26.0 Å². The van der Waals surface area contributed by atoms with E-state index in [9.17, 15) is 26.8 Å². The third-order valence-electron chi connectivity index (χ3n) is 5.95. The molecule has 0 spiro atoms. The lowest BCUT2D eigenvalue weighted by molar-refractivity contribution is -0.125. The molecule has 9 heteroatoms. The summed E-state index contributed by atoms with van der Waals surface area (Å²) < 4.78 is 51.3. The molecule has 0 unspecified atom stereocenters. The minimum absolute atomic E-state index is 0.0821. The molecule has 0 aromatic heterocycles. The van der Waals surface area contributed by atoms with Crippen molar-refractivity contribution >= 4 is 27.3 Å². The highest BCUT2D eigenvalue weighted by Crippen LogP contribution is 2.27. The van der Waals surface area contributed by atoms with Crippen LogP contribution in [0.1, 0.15) is 44.7 Å². The van der Waals surface area contributed by atoms with E-state index >= 15 is 0 Å². The second kappa shape index (κ2) is 10.5. The molecule has 0 atom stereocenters. The molecule has 2 aromatic rings. The van der Waals surface area contributed by atoms with E-state index in [1.165, 1.54) is 25.1 Å². The molecule has 186 valence electrons. The first kappa shape index (κ1) is 26.3. The van der Waals surface area contributed by atoms with Crippen LogP contribution in [0.25, 0.3) is 0 Å². The Balaban J connectivity index is 1.63. The van der Waals surface area contributed by atoms with Crippen LogP contribution in [0.2, 0.25) is 0 Å². The predicted octanol–water partition coefficient (Wildman–Crippen LogP) is 4.73. The fourth-order valence-electron chi connectivity index (χ4n) is 3.53. The Labute approximate surface area is 204 Å². The Morgan fingerprint density at radius 1 is 0.971 bits per heavy atom. The molecule has 0 heterocycles. The normalized spacial score (nSPS) is 14.1. The summed E-state index contributed by atoms with van der Waals surface area (Å²) in [6.45, 7) is 5.00. The third-order valence-corrected chi connectivity index (χ3v) is 7.68. The molecule has 1 aliphatic carbocycles. The molecule has 2 aromatic carbocycles. The minimum atomic E-state index is -3.54. The van der Waals surface area contributed by atoms with Crippen molar-refractivity contribution in [2.75, 3.05) is 11.1 Å². The number of sulfone groups is 1. The first-order chi connectivity index (χ1) is 16.4. The molecular formula is C26H28F2N2O4S. The molecule has 0 saturated carbocycles. The summed E-state index contributed by atoms with van der Waals surface area (Å²) in [5.74, 6) is -1.83. The van der Waals surface area contributed by atoms with Gasteiger partial charge in [0.05, 0.1) is 22.5 Å². The number of rotatable bonds is 8. The topological polar surface area (TPSA) is 92.3 Å². The number of benzene rings is 2. The highest BCUT2D eigenvalue weighted by Gasteiger charge is 2.30. The third kappa shape index (κ3) is 6.42. The van der Waals surface area contributed by atoms with Crippen LogP contribution in [0, 0.1) is 5.82 Å². The molecule has 0 radical (unpaired) electrons. The van der Waals surface area contributed by atoms with E-state index < -0.39 is 27.0 Å². The van der Waals surface area contributed by atoms with Gasteiger partial charge in [-0.25, -0.2) is 17.2 Å². The number of halogens is 2. The average molecular weight is 503 g/mol. The van der Waals surface area contributed by atoms with E-state index in [2.05, 4.69) is 10.6 Å². The molecule has 6 nitrogen and oxygen atoms in total. The molecule has 0 bridgehead atoms. The van der Waals surface area contributed by atoms with Gasteiger partial charge in [0.1, 0.15) is 11.6 Å². The van der Waals surface area contributed by atoms with Gasteiger partial charge in [-0.05, 0) is 67.8 Å². The van der Waals surface area contributed by atoms with Gasteiger partial charge in [0.25, 0.3) is 0 Å². The summed E-state index contributed by atoms with van der Waals surface area (Å²) in [7, 11) is -3.54. The summed E-state index contributed by atoms with van der Waals surface area (Å²) in [6, 6.07) is 10.3. The zero-order valence-electron chi connectivity index (χ0n) is 19.8. The van der Waals surface area contributed by atoms with Crippen molar-refractivity contribution < 1.29 is 26.8 Å². The zero-order chi connectivity index (χ0) is 25.8. The monoisotopic (exact) mass is 502 g/mol. The molecule has 1 aliphatic rings. The smallest absolute Gasteiger partial charge is 0.234 e. The van der Waals surface area contributed by atoms with E-state index in [0.717, 1.165) is 6.07 Å². The van der Waals surface area contributed by atoms with E-state index in [0.29, 0.717) is 23.4 Å². The quantitative estimate of drug-likeness (QED) is 0.546. The van der Waals surface area contributed by atoms with Crippen molar-refractivity contribution in [1.82, 2.24) is 5.32 Å². The Bertz CT molecular complexity index is 1300. The van der Waals surface area contributed by atoms with Gasteiger partial charge < -0.3 is 10.6 Å². The molecule has 0 saturated heterocycles. The predicted molar refractivity (Wildman–Crippen MR) is 131 cm³/mol. The highest BCUT2D eigenvalue weighted by molar-refractivity contribution is 7.91. The van der Waals surface area contributed by atoms with Crippen molar-refractivity contribution in [3.8, 4) is 0 Å². The maximum absolute atomic E-state index is 14.4. The number of amides is 2. The highest BCUT2D eigenvalue weighted by atomic mass is 32.2. The Morgan fingerprint density at radius 2 is 1.66 bits per heavy atom. The maximum atomic E-state index is 14.4. The first-order valence-corrected chi connectivity index (χ1v) is 12.9. The van der Waals surface area contributed by atoms with Gasteiger partial charge in [0.15, 0.2) is 9.84 Å². The van der Waals surface area contributed by atoms with Crippen LogP contribution in [0.3, 0.4) is 0 Å². The summed E-state index contributed by atoms with van der Waals surface area (Å²) in [4.78, 5) is 25.1. The van der Waals surface area contributed by atoms with Crippen molar-refractivity contribution in [2.45, 2.75) is 50.3 Å². The largest absolute Gasteiger partial charge is 0.329 e. The zero-order valence-corrected chi connectivity index (χ0v) is 20.6. The first-order valence-electron chi connectivity index (χ1n) is 11.2. The number of hydrogen-bond donors (Lipinski definition) is 2. The Morgan fingerprint density at radius 3 is 2.23 bits per heavy atom. The number of carbonyl (C=O) groups is 2. The number of nitrogens with one attached hydrogen (secondary N) is 2. The van der Waals surface area contributed by atoms with Crippen LogP contribution in [-0.2, 0) is 31.3 Å². The minimum Gasteiger partial charge on any atom is -0.329 e. The maximum Gasteiger partial charge on any atom is 0.234 e. The van der Waals surface area contributed by atoms with E-state index in [1.54, 1.807) is 44.2 Å². The van der Waals surface area contributed by atoms with Crippen LogP contribution in [0.15, 0.2) is 71.0 Å². The molecule has 2 amide bonds. The molecule has 0 aliphatic heterocycles. The number of allylic oxidation sites excluding steroid dienone is 4. The van der Waals surface area contributed by atoms with Crippen molar-refractivity contribution in [2.24, 2.45) is 0 Å². The lowest BCUT2D eigenvalue weighted by Gasteiger charge is -2.25. The molecule has 2 N–H and O–H groups in total. The van der Waals surface area contributed by atoms with Gasteiger partial charge in [-0.2, -0.15) is 0 Å². The summed E-state index contributed by atoms with van der Waals surface area (Å²) in [6.07, 6.45) is 3.32. The van der Waals surface area contributed by atoms with Crippen molar-refractivity contribution in [1.29, 1.82) is 0 Å². The fraction of sp³-hybridized carbons (Fsp3) is 0.308. The summed E-state index contributed by atoms with van der Waals surface area (Å²) in [5.41, 5.74) is 1.04. The van der Waals surface area contributed by atoms with E-state index in [-0.39, 0.29) is 40.8 Å². The van der Waals surface area contributed by atoms with Gasteiger partial charge in [0.2, 0.25) is 11.8 Å². The molecule has 0 fully saturated rings. The second-order valence-electron chi connectivity index (χ2n) is 8.84. The number of hydrogen-bond acceptors (Lipinski definition) is 4. The molecule has 35 heavy (non-hydrogen) atoms. The van der Waals surface area contributed by atoms with Gasteiger partial charge in [-0.3, -0.25) is 9.59 Å². The number of anilines is 1. The molecular weight excluding hydrogens is 474 g/mol. The molecule has 3 rings (SSSR count). The van der Waals surface area contributed by atoms with Crippen molar-refractivity contribution in [3.05, 3.63) is 83.1 Å². The van der Waals surface area contributed by atoms with E-state index in [4.69, 9.17) is 0 Å². The Hall–Kier alpha value is -3.33. The standard InChI is InChI=1S/C26H28F2N2O4S/c1-4-35(33,34)22-14-5-17(23(28)16-22)15-24(31)29-20-10-6-18(7-11-20)26(2,3)25(32)30-21-12-8-19(27)9-13-21/h5-8,10-12,14,16H,4,9,13,15H2,1-3H3,(H,29,31)(H,30,32).